The lowest BCUT2D eigenvalue weighted by atomic mass is 10.2. The number of hydrogen-bond acceptors (Lipinski definition) is 4. The highest BCUT2D eigenvalue weighted by Crippen LogP contribution is 2.09. The highest BCUT2D eigenvalue weighted by atomic mass is 32.2. The van der Waals surface area contributed by atoms with Gasteiger partial charge in [-0.15, -0.1) is 0 Å². The van der Waals surface area contributed by atoms with Crippen LogP contribution < -0.4 is 10.5 Å². The molecular weight excluding hydrogens is 240 g/mol. The second-order valence-corrected chi connectivity index (χ2v) is 5.64. The molecule has 0 unspecified atom stereocenters. The SMILES string of the molecule is Nc1cccc(CS(=O)(=O)NCCCCO)c1. The van der Waals surface area contributed by atoms with Crippen LogP contribution in [0.4, 0.5) is 5.69 Å². The molecule has 0 aliphatic rings. The zero-order chi connectivity index (χ0) is 12.7. The summed E-state index contributed by atoms with van der Waals surface area (Å²) in [5.74, 6) is -0.0723. The van der Waals surface area contributed by atoms with E-state index in [1.165, 1.54) is 0 Å². The van der Waals surface area contributed by atoms with Crippen LogP contribution in [0.1, 0.15) is 18.4 Å². The van der Waals surface area contributed by atoms with Gasteiger partial charge in [0.2, 0.25) is 10.0 Å². The van der Waals surface area contributed by atoms with E-state index in [4.69, 9.17) is 10.8 Å². The third-order valence-corrected chi connectivity index (χ3v) is 3.57. The van der Waals surface area contributed by atoms with Gasteiger partial charge in [-0.1, -0.05) is 12.1 Å². The van der Waals surface area contributed by atoms with Gasteiger partial charge in [0.1, 0.15) is 0 Å². The maximum atomic E-state index is 11.7. The maximum absolute atomic E-state index is 11.7. The predicted octanol–water partition coefficient (Wildman–Crippen LogP) is 0.461. The number of aliphatic hydroxyl groups is 1. The van der Waals surface area contributed by atoms with Crippen LogP contribution in [0, 0.1) is 0 Å². The lowest BCUT2D eigenvalue weighted by molar-refractivity contribution is 0.285. The molecule has 1 aromatic rings. The fourth-order valence-electron chi connectivity index (χ4n) is 1.42. The summed E-state index contributed by atoms with van der Waals surface area (Å²) in [4.78, 5) is 0. The zero-order valence-electron chi connectivity index (χ0n) is 9.59. The Morgan fingerprint density at radius 3 is 2.71 bits per heavy atom. The first kappa shape index (κ1) is 14.0. The third kappa shape index (κ3) is 5.67. The Labute approximate surface area is 102 Å². The monoisotopic (exact) mass is 258 g/mol. The van der Waals surface area contributed by atoms with Crippen LogP contribution in [0.15, 0.2) is 24.3 Å². The summed E-state index contributed by atoms with van der Waals surface area (Å²) in [6.45, 7) is 0.433. The first-order valence-electron chi connectivity index (χ1n) is 5.46. The molecular formula is C11H18N2O3S. The van der Waals surface area contributed by atoms with Gasteiger partial charge < -0.3 is 10.8 Å². The standard InChI is InChI=1S/C11H18N2O3S/c12-11-5-3-4-10(8-11)9-17(15,16)13-6-1-2-7-14/h3-5,8,13-14H,1-2,6-7,9,12H2. The fourth-order valence-corrected chi connectivity index (χ4v) is 2.59. The molecule has 1 rings (SSSR count). The van der Waals surface area contributed by atoms with Gasteiger partial charge in [0.05, 0.1) is 5.75 Å². The lowest BCUT2D eigenvalue weighted by Gasteiger charge is -2.06. The van der Waals surface area contributed by atoms with Crippen LogP contribution in [0.3, 0.4) is 0 Å². The van der Waals surface area contributed by atoms with E-state index in [1.807, 2.05) is 0 Å². The molecule has 1 aromatic carbocycles. The summed E-state index contributed by atoms with van der Waals surface area (Å²) in [6.07, 6.45) is 1.23. The van der Waals surface area contributed by atoms with Gasteiger partial charge in [-0.3, -0.25) is 0 Å². The highest BCUT2D eigenvalue weighted by Gasteiger charge is 2.10. The number of rotatable bonds is 7. The first-order valence-corrected chi connectivity index (χ1v) is 7.11. The second-order valence-electron chi connectivity index (χ2n) is 3.83. The van der Waals surface area contributed by atoms with Crippen molar-refractivity contribution in [2.45, 2.75) is 18.6 Å². The van der Waals surface area contributed by atoms with E-state index < -0.39 is 10.0 Å². The number of unbranched alkanes of at least 4 members (excludes halogenated alkanes) is 1. The number of sulfonamides is 1. The number of benzene rings is 1. The molecule has 0 spiro atoms. The first-order chi connectivity index (χ1) is 8.03. The Balaban J connectivity index is 2.49. The molecule has 96 valence electrons. The molecule has 0 radical (unpaired) electrons. The average Bonchev–Trinajstić information content (AvgIpc) is 2.24. The topological polar surface area (TPSA) is 92.4 Å². The predicted molar refractivity (Wildman–Crippen MR) is 67.8 cm³/mol. The summed E-state index contributed by atoms with van der Waals surface area (Å²) >= 11 is 0. The average molecular weight is 258 g/mol. The number of nitrogens with one attached hydrogen (secondary N) is 1. The Hall–Kier alpha value is -1.11. The van der Waals surface area contributed by atoms with Crippen LogP contribution in [-0.4, -0.2) is 26.7 Å². The Morgan fingerprint density at radius 2 is 2.06 bits per heavy atom. The number of nitrogens with two attached hydrogens (primary N) is 1. The highest BCUT2D eigenvalue weighted by molar-refractivity contribution is 7.88. The minimum atomic E-state index is -3.32. The van der Waals surface area contributed by atoms with Crippen LogP contribution in [0.5, 0.6) is 0 Å². The molecule has 0 aliphatic heterocycles. The number of anilines is 1. The molecule has 17 heavy (non-hydrogen) atoms. The minimum absolute atomic E-state index is 0.0723. The van der Waals surface area contributed by atoms with Crippen molar-refractivity contribution in [3.05, 3.63) is 29.8 Å². The molecule has 0 heterocycles. The molecule has 0 saturated carbocycles. The van der Waals surface area contributed by atoms with Crippen LogP contribution >= 0.6 is 0 Å². The second kappa shape index (κ2) is 6.58. The van der Waals surface area contributed by atoms with Crippen molar-refractivity contribution in [2.24, 2.45) is 0 Å². The Bertz CT molecular complexity index is 446. The largest absolute Gasteiger partial charge is 0.399 e. The van der Waals surface area contributed by atoms with Gasteiger partial charge in [-0.25, -0.2) is 13.1 Å². The molecule has 0 bridgehead atoms. The van der Waals surface area contributed by atoms with Gasteiger partial charge in [0.25, 0.3) is 0 Å². The van der Waals surface area contributed by atoms with Crippen molar-refractivity contribution >= 4 is 15.7 Å². The van der Waals surface area contributed by atoms with E-state index in [-0.39, 0.29) is 12.4 Å². The van der Waals surface area contributed by atoms with Gasteiger partial charge in [0.15, 0.2) is 0 Å². The van der Waals surface area contributed by atoms with Crippen LogP contribution in [0.2, 0.25) is 0 Å². The molecule has 4 N–H and O–H groups in total. The quantitative estimate of drug-likeness (QED) is 0.489. The van der Waals surface area contributed by atoms with Crippen LogP contribution in [-0.2, 0) is 15.8 Å². The van der Waals surface area contributed by atoms with Gasteiger partial charge in [-0.05, 0) is 30.5 Å². The smallest absolute Gasteiger partial charge is 0.215 e. The summed E-state index contributed by atoms with van der Waals surface area (Å²) in [5, 5.41) is 8.57. The van der Waals surface area contributed by atoms with Crippen molar-refractivity contribution in [1.29, 1.82) is 0 Å². The number of aliphatic hydroxyl groups excluding tert-OH is 1. The van der Waals surface area contributed by atoms with E-state index in [9.17, 15) is 8.42 Å². The van der Waals surface area contributed by atoms with Crippen molar-refractivity contribution in [1.82, 2.24) is 4.72 Å². The van der Waals surface area contributed by atoms with E-state index in [1.54, 1.807) is 24.3 Å². The Kier molecular flexibility index (Phi) is 5.40. The summed E-state index contributed by atoms with van der Waals surface area (Å²) in [6, 6.07) is 6.81. The van der Waals surface area contributed by atoms with E-state index in [0.29, 0.717) is 30.6 Å². The van der Waals surface area contributed by atoms with Crippen molar-refractivity contribution in [2.75, 3.05) is 18.9 Å². The van der Waals surface area contributed by atoms with Gasteiger partial charge >= 0.3 is 0 Å². The minimum Gasteiger partial charge on any atom is -0.399 e. The summed E-state index contributed by atoms with van der Waals surface area (Å²) in [7, 11) is -3.32. The molecule has 0 aliphatic carbocycles. The number of nitrogen functional groups attached to an aromatic ring is 1. The number of hydrogen-bond donors (Lipinski definition) is 3. The molecule has 0 fully saturated rings. The molecule has 0 amide bonds. The lowest BCUT2D eigenvalue weighted by Crippen LogP contribution is -2.26. The molecule has 5 nitrogen and oxygen atoms in total. The normalized spacial score (nSPS) is 11.6. The molecule has 6 heteroatoms. The van der Waals surface area contributed by atoms with Crippen LogP contribution in [0.25, 0.3) is 0 Å². The third-order valence-electron chi connectivity index (χ3n) is 2.21. The molecule has 0 aromatic heterocycles. The maximum Gasteiger partial charge on any atom is 0.215 e. The fraction of sp³-hybridized carbons (Fsp3) is 0.455. The summed E-state index contributed by atoms with van der Waals surface area (Å²) in [5.41, 5.74) is 6.79. The molecule has 0 atom stereocenters. The zero-order valence-corrected chi connectivity index (χ0v) is 10.4. The van der Waals surface area contributed by atoms with Gasteiger partial charge in [-0.2, -0.15) is 0 Å². The molecule has 0 saturated heterocycles. The summed E-state index contributed by atoms with van der Waals surface area (Å²) < 4.78 is 25.8. The van der Waals surface area contributed by atoms with Crippen molar-refractivity contribution in [3.63, 3.8) is 0 Å². The Morgan fingerprint density at radius 1 is 1.29 bits per heavy atom. The van der Waals surface area contributed by atoms with E-state index >= 15 is 0 Å². The van der Waals surface area contributed by atoms with E-state index in [0.717, 1.165) is 0 Å². The van der Waals surface area contributed by atoms with Gasteiger partial charge in [0, 0.05) is 18.8 Å². The van der Waals surface area contributed by atoms with Crippen molar-refractivity contribution < 1.29 is 13.5 Å². The van der Waals surface area contributed by atoms with Crippen molar-refractivity contribution in [3.8, 4) is 0 Å². The van der Waals surface area contributed by atoms with E-state index in [2.05, 4.69) is 4.72 Å².